The van der Waals surface area contributed by atoms with Gasteiger partial charge in [0.1, 0.15) is 5.69 Å². The number of methoxy groups -OCH3 is 1. The molecule has 15 heavy (non-hydrogen) atoms. The molecule has 1 heterocycles. The van der Waals surface area contributed by atoms with Gasteiger partial charge in [0.2, 0.25) is 0 Å². The van der Waals surface area contributed by atoms with Crippen LogP contribution in [0, 0.1) is 3.57 Å². The van der Waals surface area contributed by atoms with Crippen molar-refractivity contribution in [3.05, 3.63) is 21.0 Å². The Morgan fingerprint density at radius 1 is 1.67 bits per heavy atom. The first-order chi connectivity index (χ1) is 6.97. The van der Waals surface area contributed by atoms with Gasteiger partial charge in [0.15, 0.2) is 5.69 Å². The zero-order valence-corrected chi connectivity index (χ0v) is 9.79. The van der Waals surface area contributed by atoms with Gasteiger partial charge in [-0.05, 0) is 28.7 Å². The molecule has 0 saturated carbocycles. The molecular weight excluding hydrogens is 321 g/mol. The van der Waals surface area contributed by atoms with E-state index in [0.29, 0.717) is 3.57 Å². The first kappa shape index (κ1) is 12.1. The quantitative estimate of drug-likeness (QED) is 0.666. The summed E-state index contributed by atoms with van der Waals surface area (Å²) in [6.07, 6.45) is -2.77. The third-order valence-electron chi connectivity index (χ3n) is 1.61. The number of aromatic nitrogens is 1. The predicted octanol–water partition coefficient (Wildman–Crippen LogP) is 1.99. The van der Waals surface area contributed by atoms with Gasteiger partial charge in [-0.15, -0.1) is 0 Å². The van der Waals surface area contributed by atoms with Gasteiger partial charge in [0, 0.05) is 5.69 Å². The molecule has 7 heteroatoms. The maximum absolute atomic E-state index is 12.4. The Morgan fingerprint density at radius 3 is 2.73 bits per heavy atom. The Kier molecular flexibility index (Phi) is 3.77. The number of anilines is 1. The third-order valence-corrected chi connectivity index (χ3v) is 2.74. The lowest BCUT2D eigenvalue weighted by atomic mass is 10.2. The number of nitrogens with zero attached hydrogens (tertiary/aromatic N) is 1. The average Bonchev–Trinajstić information content (AvgIpc) is 2.20. The summed E-state index contributed by atoms with van der Waals surface area (Å²) in [5, 5.41) is 0. The maximum atomic E-state index is 12.4. The number of halogens is 3. The van der Waals surface area contributed by atoms with Crippen LogP contribution in [-0.4, -0.2) is 18.1 Å². The van der Waals surface area contributed by atoms with Crippen molar-refractivity contribution >= 4 is 34.2 Å². The highest BCUT2D eigenvalue weighted by molar-refractivity contribution is 14.1. The summed E-state index contributed by atoms with van der Waals surface area (Å²) in [7, 11) is 1.14. The van der Waals surface area contributed by atoms with E-state index in [-0.39, 0.29) is 11.4 Å². The molecule has 0 saturated heterocycles. The van der Waals surface area contributed by atoms with Crippen molar-refractivity contribution in [1.29, 1.82) is 0 Å². The van der Waals surface area contributed by atoms with E-state index in [1.807, 2.05) is 0 Å². The van der Waals surface area contributed by atoms with Crippen LogP contribution in [0.4, 0.5) is 14.5 Å². The molecule has 0 bridgehead atoms. The standard InChI is InChI=1S/C8H7F2IN2O2/c1-15-8(14)6-5(11)3(12)2-4(13-6)7(9)10/h2,7H,1H3,(H2,12,13). The van der Waals surface area contributed by atoms with Crippen LogP contribution < -0.4 is 5.73 Å². The smallest absolute Gasteiger partial charge is 0.357 e. The van der Waals surface area contributed by atoms with Crippen molar-refractivity contribution in [3.63, 3.8) is 0 Å². The second-order valence-electron chi connectivity index (χ2n) is 2.59. The molecule has 0 aromatic carbocycles. The number of esters is 1. The summed E-state index contributed by atoms with van der Waals surface area (Å²) in [4.78, 5) is 14.7. The number of pyridine rings is 1. The number of nitrogens with two attached hydrogens (primary N) is 1. The molecule has 0 unspecified atom stereocenters. The maximum Gasteiger partial charge on any atom is 0.357 e. The van der Waals surface area contributed by atoms with Gasteiger partial charge in [0.05, 0.1) is 10.7 Å². The van der Waals surface area contributed by atoms with Crippen LogP contribution >= 0.6 is 22.6 Å². The molecule has 0 atom stereocenters. The van der Waals surface area contributed by atoms with Gasteiger partial charge in [-0.1, -0.05) is 0 Å². The lowest BCUT2D eigenvalue weighted by Crippen LogP contribution is -2.11. The Morgan fingerprint density at radius 2 is 2.27 bits per heavy atom. The molecule has 4 nitrogen and oxygen atoms in total. The molecule has 0 amide bonds. The molecule has 0 radical (unpaired) electrons. The lowest BCUT2D eigenvalue weighted by Gasteiger charge is -2.07. The molecule has 82 valence electrons. The van der Waals surface area contributed by atoms with Crippen molar-refractivity contribution < 1.29 is 18.3 Å². The number of hydrogen-bond acceptors (Lipinski definition) is 4. The second kappa shape index (κ2) is 4.69. The second-order valence-corrected chi connectivity index (χ2v) is 3.67. The van der Waals surface area contributed by atoms with Crippen molar-refractivity contribution in [2.75, 3.05) is 12.8 Å². The minimum atomic E-state index is -2.77. The molecular formula is C8H7F2IN2O2. The highest BCUT2D eigenvalue weighted by Crippen LogP contribution is 2.25. The van der Waals surface area contributed by atoms with Crippen LogP contribution in [0.5, 0.6) is 0 Å². The van der Waals surface area contributed by atoms with E-state index in [4.69, 9.17) is 5.73 Å². The topological polar surface area (TPSA) is 65.2 Å². The summed E-state index contributed by atoms with van der Waals surface area (Å²) in [5.74, 6) is -0.784. The molecule has 0 aliphatic heterocycles. The number of ether oxygens (including phenoxy) is 1. The normalized spacial score (nSPS) is 10.5. The summed E-state index contributed by atoms with van der Waals surface area (Å²) < 4.78 is 29.4. The zero-order valence-electron chi connectivity index (χ0n) is 7.63. The fourth-order valence-corrected chi connectivity index (χ4v) is 1.41. The molecule has 0 spiro atoms. The fraction of sp³-hybridized carbons (Fsp3) is 0.250. The van der Waals surface area contributed by atoms with Crippen LogP contribution in [0.15, 0.2) is 6.07 Å². The fourth-order valence-electron chi connectivity index (χ4n) is 0.914. The highest BCUT2D eigenvalue weighted by atomic mass is 127. The van der Waals surface area contributed by atoms with E-state index < -0.39 is 18.1 Å². The van der Waals surface area contributed by atoms with E-state index in [2.05, 4.69) is 9.72 Å². The molecule has 0 aliphatic rings. The van der Waals surface area contributed by atoms with E-state index in [1.165, 1.54) is 0 Å². The largest absolute Gasteiger partial charge is 0.464 e. The Hall–Kier alpha value is -0.990. The van der Waals surface area contributed by atoms with Crippen LogP contribution in [-0.2, 0) is 4.74 Å². The number of rotatable bonds is 2. The minimum Gasteiger partial charge on any atom is -0.464 e. The Balaban J connectivity index is 3.31. The number of alkyl halides is 2. The molecule has 2 N–H and O–H groups in total. The van der Waals surface area contributed by atoms with Gasteiger partial charge in [-0.25, -0.2) is 18.6 Å². The number of nitrogen functional groups attached to an aromatic ring is 1. The van der Waals surface area contributed by atoms with Crippen molar-refractivity contribution in [1.82, 2.24) is 4.98 Å². The summed E-state index contributed by atoms with van der Waals surface area (Å²) in [6, 6.07) is 1.04. The SMILES string of the molecule is COC(=O)c1nc(C(F)F)cc(N)c1I. The molecule has 1 aromatic rings. The minimum absolute atomic E-state index is 0.0845. The predicted molar refractivity (Wildman–Crippen MR) is 57.7 cm³/mol. The third kappa shape index (κ3) is 2.52. The summed E-state index contributed by atoms with van der Waals surface area (Å²) >= 11 is 1.75. The monoisotopic (exact) mass is 328 g/mol. The molecule has 1 aromatic heterocycles. The first-order valence-corrected chi connectivity index (χ1v) is 4.87. The number of hydrogen-bond donors (Lipinski definition) is 1. The van der Waals surface area contributed by atoms with E-state index in [0.717, 1.165) is 13.2 Å². The Bertz CT molecular complexity index is 398. The highest BCUT2D eigenvalue weighted by Gasteiger charge is 2.19. The van der Waals surface area contributed by atoms with Crippen LogP contribution in [0.1, 0.15) is 22.6 Å². The van der Waals surface area contributed by atoms with Gasteiger partial charge >= 0.3 is 5.97 Å². The van der Waals surface area contributed by atoms with Crippen LogP contribution in [0.25, 0.3) is 0 Å². The molecule has 0 aliphatic carbocycles. The van der Waals surface area contributed by atoms with Crippen LogP contribution in [0.2, 0.25) is 0 Å². The van der Waals surface area contributed by atoms with Crippen LogP contribution in [0.3, 0.4) is 0 Å². The molecule has 0 fully saturated rings. The van der Waals surface area contributed by atoms with E-state index in [1.54, 1.807) is 22.6 Å². The average molecular weight is 328 g/mol. The zero-order chi connectivity index (χ0) is 11.6. The van der Waals surface area contributed by atoms with Crippen molar-refractivity contribution in [3.8, 4) is 0 Å². The van der Waals surface area contributed by atoms with Gasteiger partial charge in [-0.3, -0.25) is 0 Å². The summed E-state index contributed by atoms with van der Waals surface area (Å²) in [5.41, 5.74) is 4.83. The van der Waals surface area contributed by atoms with Gasteiger partial charge in [-0.2, -0.15) is 0 Å². The van der Waals surface area contributed by atoms with Crippen molar-refractivity contribution in [2.24, 2.45) is 0 Å². The first-order valence-electron chi connectivity index (χ1n) is 3.79. The lowest BCUT2D eigenvalue weighted by molar-refractivity contribution is 0.0591. The van der Waals surface area contributed by atoms with Crippen molar-refractivity contribution in [2.45, 2.75) is 6.43 Å². The van der Waals surface area contributed by atoms with Gasteiger partial charge < -0.3 is 10.5 Å². The van der Waals surface area contributed by atoms with E-state index in [9.17, 15) is 13.6 Å². The molecule has 1 rings (SSSR count). The number of carbonyl (C=O) groups is 1. The van der Waals surface area contributed by atoms with Gasteiger partial charge in [0.25, 0.3) is 6.43 Å². The Labute approximate surface area is 98.0 Å². The number of carbonyl (C=O) groups excluding carboxylic acids is 1. The summed E-state index contributed by atoms with van der Waals surface area (Å²) in [6.45, 7) is 0. The van der Waals surface area contributed by atoms with E-state index >= 15 is 0 Å².